The van der Waals surface area contributed by atoms with Gasteiger partial charge in [0.25, 0.3) is 0 Å². The normalized spacial score (nSPS) is 12.2. The Morgan fingerprint density at radius 2 is 0.979 bits per heavy atom. The molecule has 0 radical (unpaired) electrons. The molecule has 1 aliphatic carbocycles. The van der Waals surface area contributed by atoms with Crippen molar-refractivity contribution in [3.63, 3.8) is 0 Å². The fourth-order valence-electron chi connectivity index (χ4n) is 9.51. The summed E-state index contributed by atoms with van der Waals surface area (Å²) in [4.78, 5) is 44.6. The van der Waals surface area contributed by atoms with Crippen molar-refractivity contribution in [1.82, 2.24) is 5.32 Å². The zero-order valence-corrected chi connectivity index (χ0v) is 67.6. The van der Waals surface area contributed by atoms with Crippen LogP contribution in [0.15, 0.2) is 84.9 Å². The van der Waals surface area contributed by atoms with E-state index in [9.17, 15) is 14.4 Å². The van der Waals surface area contributed by atoms with Crippen LogP contribution in [-0.2, 0) is 77.4 Å². The number of ether oxygens (including phenoxy) is 3. The molecule has 0 aliphatic heterocycles. The SMILES string of the molecule is CC.CC.CC.CCCCOC(=O)C(CC(C)C(=O)OC)OC(=O)CCNCCC[Si](OC)(OC)OC.CCN(CC)c1ccc(C(=C2C=CC(=[NH+]CCC[Si](OC)(OC)OC)c3ccccc32)c2ccc(N(CC)CC)cc2)cc1.CC[Si](OC)(OC)OC.O=[Si]=O.[I-]. The lowest BCUT2D eigenvalue weighted by atomic mass is 9.83. The maximum Gasteiger partial charge on any atom is 0.549 e. The van der Waals surface area contributed by atoms with Crippen LogP contribution >= 0.6 is 0 Å². The Bertz CT molecular complexity index is 2450. The summed E-state index contributed by atoms with van der Waals surface area (Å²) < 4.78 is 80.1. The van der Waals surface area contributed by atoms with Crippen LogP contribution in [0.25, 0.3) is 11.1 Å². The Balaban J connectivity index is -0.000000704. The van der Waals surface area contributed by atoms with Crippen molar-refractivity contribution in [3.8, 4) is 0 Å². The van der Waals surface area contributed by atoms with Gasteiger partial charge in [-0.3, -0.25) is 18.5 Å². The molecule has 538 valence electrons. The zero-order chi connectivity index (χ0) is 71.3. The molecule has 0 saturated carbocycles. The molecule has 1 aliphatic rings. The second-order valence-electron chi connectivity index (χ2n) is 19.6. The maximum atomic E-state index is 12.3. The van der Waals surface area contributed by atoms with Gasteiger partial charge < -0.3 is 93.1 Å². The first-order valence-electron chi connectivity index (χ1n) is 32.9. The summed E-state index contributed by atoms with van der Waals surface area (Å²) in [6.07, 6.45) is 6.64. The van der Waals surface area contributed by atoms with Gasteiger partial charge in [0.1, 0.15) is 6.54 Å². The number of hydrogen-bond donors (Lipinski definition) is 2. The number of nitrogens with zero attached hydrogens (tertiary/aromatic N) is 2. The molecule has 0 fully saturated rings. The van der Waals surface area contributed by atoms with E-state index >= 15 is 0 Å². The van der Waals surface area contributed by atoms with Crippen molar-refractivity contribution < 1.29 is 106 Å². The van der Waals surface area contributed by atoms with Crippen LogP contribution < -0.4 is 44.1 Å². The van der Waals surface area contributed by atoms with Gasteiger partial charge in [0, 0.05) is 145 Å². The number of methoxy groups -OCH3 is 1. The number of allylic oxidation sites excluding steroid dienone is 3. The number of unbranched alkanes of at least 4 members (excludes halogenated alkanes) is 1. The highest BCUT2D eigenvalue weighted by Gasteiger charge is 2.38. The van der Waals surface area contributed by atoms with E-state index in [0.29, 0.717) is 25.6 Å². The summed E-state index contributed by atoms with van der Waals surface area (Å²) in [7, 11) is 7.01. The third-order valence-electron chi connectivity index (χ3n) is 14.8. The van der Waals surface area contributed by atoms with Gasteiger partial charge in [-0.15, -0.1) is 0 Å². The molecule has 0 saturated heterocycles. The van der Waals surface area contributed by atoms with Crippen LogP contribution in [0.2, 0.25) is 18.1 Å². The first-order valence-corrected chi connectivity index (χ1v) is 39.5. The van der Waals surface area contributed by atoms with Crippen molar-refractivity contribution in [2.45, 2.75) is 153 Å². The molecule has 2 unspecified atom stereocenters. The zero-order valence-electron chi connectivity index (χ0n) is 61.5. The van der Waals surface area contributed by atoms with Gasteiger partial charge in [0.2, 0.25) is 5.71 Å². The van der Waals surface area contributed by atoms with Crippen LogP contribution in [0.4, 0.5) is 11.4 Å². The largest absolute Gasteiger partial charge is 1.00 e. The van der Waals surface area contributed by atoms with Gasteiger partial charge in [-0.2, -0.15) is 0 Å². The average Bonchev–Trinajstić information content (AvgIpc) is 0.773. The molecule has 3 aromatic carbocycles. The minimum atomic E-state index is -2.60. The van der Waals surface area contributed by atoms with E-state index in [-0.39, 0.29) is 43.4 Å². The number of benzene rings is 3. The first kappa shape index (κ1) is 96.0. The molecular formula is C68H121IN4O17Si4. The number of rotatable bonds is 37. The van der Waals surface area contributed by atoms with Crippen LogP contribution in [0.1, 0.15) is 151 Å². The van der Waals surface area contributed by atoms with Gasteiger partial charge in [-0.1, -0.05) is 111 Å². The Labute approximate surface area is 589 Å². The molecule has 3 aromatic rings. The quantitative estimate of drug-likeness (QED) is 0.0183. The second kappa shape index (κ2) is 58.7. The standard InChI is InChI=1S/C37H49N3O3Si.C20H39NO9Si.C5H14O3Si.3C2H6.HI.O2Si/c1-8-39(9-2)31-21-17-29(18-22-31)37(30-19-23-32(24-20-30)40(10-3)11-4)35-25-26-36(34-16-13-12-15-33(34)35)38-27-14-28-44(41-5,42-6)43-7;1-7-8-13-29-20(24)17(15-16(2)19(23)25-3)30-18(22)10-12-21-11-9-14-31(26-4,27-5)28-6;1-5-9(6-2,7-3)8-4;3*1-2;;1-3-2/h12-13,15-26H,8-11,14,27-28H2,1-7H3;16-17,21H,7-15H2,1-6H3;5H2,1-4H3;3*1-2H3;1H;. The molecule has 0 amide bonds. The van der Waals surface area contributed by atoms with Crippen molar-refractivity contribution in [2.75, 3.05) is 133 Å². The number of fused-ring (bicyclic) bond motifs is 1. The Morgan fingerprint density at radius 3 is 1.36 bits per heavy atom. The Hall–Kier alpha value is -4.38. The number of hydrogen-bond acceptors (Lipinski definition) is 20. The monoisotopic (exact) mass is 1500 g/mol. The number of nitrogens with one attached hydrogen (secondary N) is 2. The lowest BCUT2D eigenvalue weighted by Crippen LogP contribution is -3.00. The van der Waals surface area contributed by atoms with Gasteiger partial charge in [0.05, 0.1) is 31.6 Å². The average molecular weight is 1510 g/mol. The molecule has 2 N–H and O–H groups in total. The van der Waals surface area contributed by atoms with E-state index in [1.165, 1.54) is 51.9 Å². The van der Waals surface area contributed by atoms with E-state index in [2.05, 4.69) is 137 Å². The molecule has 0 heterocycles. The van der Waals surface area contributed by atoms with Crippen LogP contribution in [0.3, 0.4) is 0 Å². The van der Waals surface area contributed by atoms with Crippen molar-refractivity contribution in [3.05, 3.63) is 107 Å². The summed E-state index contributed by atoms with van der Waals surface area (Å²) in [6, 6.07) is 29.1. The summed E-state index contributed by atoms with van der Waals surface area (Å²) in [5, 5.41) is 3.14. The summed E-state index contributed by atoms with van der Waals surface area (Å²) in [6.45, 7) is 32.4. The predicted octanol–water partition coefficient (Wildman–Crippen LogP) is 8.08. The van der Waals surface area contributed by atoms with Gasteiger partial charge in [-0.05, 0) is 111 Å². The third kappa shape index (κ3) is 34.2. The van der Waals surface area contributed by atoms with E-state index in [4.69, 9.17) is 58.2 Å². The highest BCUT2D eigenvalue weighted by Crippen LogP contribution is 2.38. The van der Waals surface area contributed by atoms with Crippen LogP contribution in [0, 0.1) is 5.92 Å². The van der Waals surface area contributed by atoms with E-state index in [1.807, 2.05) is 55.4 Å². The number of carbonyl (C=O) groups excluding carboxylic acids is 3. The molecule has 26 heteroatoms. The lowest BCUT2D eigenvalue weighted by molar-refractivity contribution is -0.455. The van der Waals surface area contributed by atoms with Crippen molar-refractivity contribution >= 4 is 81.8 Å². The molecular weight excluding hydrogens is 1380 g/mol. The Morgan fingerprint density at radius 1 is 0.553 bits per heavy atom. The summed E-state index contributed by atoms with van der Waals surface area (Å²) in [5.74, 6) is -2.28. The smallest absolute Gasteiger partial charge is 0.549 e. The van der Waals surface area contributed by atoms with Crippen LogP contribution in [0.5, 0.6) is 0 Å². The maximum absolute atomic E-state index is 12.3. The van der Waals surface area contributed by atoms with Gasteiger partial charge in [0.15, 0.2) is 6.10 Å². The predicted molar refractivity (Wildman–Crippen MR) is 381 cm³/mol. The summed E-state index contributed by atoms with van der Waals surface area (Å²) >= 11 is 0. The minimum Gasteiger partial charge on any atom is -1.00 e. The fourth-order valence-corrected chi connectivity index (χ4v) is 14.3. The number of esters is 3. The molecule has 2 atom stereocenters. The van der Waals surface area contributed by atoms with E-state index in [1.54, 1.807) is 70.9 Å². The number of halogens is 1. The molecule has 21 nitrogen and oxygen atoms in total. The van der Waals surface area contributed by atoms with Crippen molar-refractivity contribution in [1.29, 1.82) is 0 Å². The second-order valence-corrected chi connectivity index (χ2v) is 29.3. The number of anilines is 2. The minimum absolute atomic E-state index is 0. The molecule has 94 heavy (non-hydrogen) atoms. The molecule has 0 aromatic heterocycles. The van der Waals surface area contributed by atoms with E-state index in [0.717, 1.165) is 69.8 Å². The van der Waals surface area contributed by atoms with Crippen LogP contribution in [-0.4, -0.2) is 189 Å². The van der Waals surface area contributed by atoms with Gasteiger partial charge in [-0.25, -0.2) is 9.79 Å². The third-order valence-corrected chi connectivity index (χ3v) is 23.2. The Kier molecular flexibility index (Phi) is 60.0. The first-order chi connectivity index (χ1) is 44.9. The molecule has 0 bridgehead atoms. The lowest BCUT2D eigenvalue weighted by Gasteiger charge is -2.24. The highest BCUT2D eigenvalue weighted by molar-refractivity contribution is 6.61. The molecule has 0 spiro atoms. The molecule has 4 rings (SSSR count). The van der Waals surface area contributed by atoms with Gasteiger partial charge >= 0.3 is 53.6 Å². The summed E-state index contributed by atoms with van der Waals surface area (Å²) in [5.41, 5.74) is 10.9. The van der Waals surface area contributed by atoms with Crippen molar-refractivity contribution in [2.24, 2.45) is 5.92 Å². The topological polar surface area (TPSA) is 229 Å². The highest BCUT2D eigenvalue weighted by atomic mass is 127. The fraction of sp³-hybridized carbons (Fsp3) is 0.618. The van der Waals surface area contributed by atoms with E-state index < -0.39 is 65.6 Å². The number of carbonyl (C=O) groups is 3.